The highest BCUT2D eigenvalue weighted by Gasteiger charge is 2.39. The monoisotopic (exact) mass is 594 g/mol. The lowest BCUT2D eigenvalue weighted by Crippen LogP contribution is -2.58. The van der Waals surface area contributed by atoms with Crippen LogP contribution in [0.1, 0.15) is 62.3 Å². The van der Waals surface area contributed by atoms with Crippen LogP contribution in [0.15, 0.2) is 97.3 Å². The van der Waals surface area contributed by atoms with Crippen LogP contribution < -0.4 is 0 Å². The molecule has 1 aliphatic rings. The van der Waals surface area contributed by atoms with Gasteiger partial charge in [-0.05, 0) is 52.2 Å². The summed E-state index contributed by atoms with van der Waals surface area (Å²) in [5, 5.41) is 11.4. The van der Waals surface area contributed by atoms with Crippen LogP contribution in [-0.2, 0) is 11.2 Å². The van der Waals surface area contributed by atoms with E-state index < -0.39 is 17.2 Å². The second-order valence-corrected chi connectivity index (χ2v) is 13.0. The maximum atomic E-state index is 14.6. The van der Waals surface area contributed by atoms with Crippen LogP contribution in [0, 0.1) is 0 Å². The van der Waals surface area contributed by atoms with Gasteiger partial charge in [0.05, 0.1) is 29.7 Å². The molecule has 3 aromatic carbocycles. The lowest BCUT2D eigenvalue weighted by atomic mass is 9.91. The molecule has 1 fully saturated rings. The van der Waals surface area contributed by atoms with E-state index in [1.165, 1.54) is 0 Å². The number of hydrogen-bond donors (Lipinski definition) is 1. The highest BCUT2D eigenvalue weighted by Crippen LogP contribution is 2.36. The van der Waals surface area contributed by atoms with Crippen LogP contribution in [0.25, 0.3) is 11.3 Å². The molecular formula is C36H42N4O4. The molecule has 2 amide bonds. The van der Waals surface area contributed by atoms with Crippen molar-refractivity contribution < 1.29 is 19.4 Å². The summed E-state index contributed by atoms with van der Waals surface area (Å²) >= 11 is 0. The summed E-state index contributed by atoms with van der Waals surface area (Å²) in [7, 11) is 0. The average Bonchev–Trinajstić information content (AvgIpc) is 3.41. The van der Waals surface area contributed by atoms with E-state index in [9.17, 15) is 14.7 Å². The van der Waals surface area contributed by atoms with Gasteiger partial charge in [0.15, 0.2) is 5.69 Å². The van der Waals surface area contributed by atoms with E-state index in [4.69, 9.17) is 9.72 Å². The summed E-state index contributed by atoms with van der Waals surface area (Å²) in [6.07, 6.45) is 1.85. The summed E-state index contributed by atoms with van der Waals surface area (Å²) in [4.78, 5) is 35.9. The first-order chi connectivity index (χ1) is 20.9. The topological polar surface area (TPSA) is 87.9 Å². The molecule has 0 unspecified atom stereocenters. The third-order valence-corrected chi connectivity index (χ3v) is 7.82. The number of ether oxygens (including phenoxy) is 1. The van der Waals surface area contributed by atoms with Crippen molar-refractivity contribution in [3.63, 3.8) is 0 Å². The molecule has 1 aliphatic heterocycles. The number of carbonyl (C=O) groups excluding carboxylic acids is 2. The maximum absolute atomic E-state index is 14.6. The molecule has 8 nitrogen and oxygen atoms in total. The van der Waals surface area contributed by atoms with E-state index in [-0.39, 0.29) is 18.0 Å². The van der Waals surface area contributed by atoms with Gasteiger partial charge in [-0.15, -0.1) is 0 Å². The Morgan fingerprint density at radius 3 is 2.07 bits per heavy atom. The largest absolute Gasteiger partial charge is 0.444 e. The first-order valence-electron chi connectivity index (χ1n) is 15.1. The Balaban J connectivity index is 1.56. The maximum Gasteiger partial charge on any atom is 0.410 e. The minimum atomic E-state index is -1.17. The molecule has 8 heteroatoms. The van der Waals surface area contributed by atoms with Gasteiger partial charge in [-0.2, -0.15) is 0 Å². The fourth-order valence-electron chi connectivity index (χ4n) is 5.95. The van der Waals surface area contributed by atoms with E-state index in [1.807, 2.05) is 121 Å². The van der Waals surface area contributed by atoms with Gasteiger partial charge in [0.1, 0.15) is 5.60 Å². The predicted molar refractivity (Wildman–Crippen MR) is 171 cm³/mol. The highest BCUT2D eigenvalue weighted by atomic mass is 16.6. The third kappa shape index (κ3) is 7.03. The Kier molecular flexibility index (Phi) is 8.92. The molecule has 44 heavy (non-hydrogen) atoms. The van der Waals surface area contributed by atoms with Crippen molar-refractivity contribution in [1.29, 1.82) is 0 Å². The third-order valence-electron chi connectivity index (χ3n) is 7.82. The Hall–Kier alpha value is -4.43. The number of hydrogen-bond acceptors (Lipinski definition) is 5. The van der Waals surface area contributed by atoms with Crippen LogP contribution in [0.5, 0.6) is 0 Å². The average molecular weight is 595 g/mol. The molecule has 4 aromatic rings. The van der Waals surface area contributed by atoms with Gasteiger partial charge in [-0.25, -0.2) is 9.78 Å². The van der Waals surface area contributed by atoms with Crippen LogP contribution in [0.3, 0.4) is 0 Å². The standard InChI is InChI=1S/C36H42N4O4/c1-35(2,3)44-34(42)38-21-22-39(29(24-38)23-26-15-9-6-10-16-26)33(41)30-31(27-17-11-7-12-18-27)40(25-37-30)32(36(4,5)43)28-19-13-8-14-20-28/h6-20,25,29,32,43H,21-24H2,1-5H3/t29-,32+/m1/s1. The summed E-state index contributed by atoms with van der Waals surface area (Å²) < 4.78 is 7.60. The number of aromatic nitrogens is 2. The van der Waals surface area contributed by atoms with Gasteiger partial charge < -0.3 is 24.2 Å². The zero-order valence-corrected chi connectivity index (χ0v) is 26.2. The lowest BCUT2D eigenvalue weighted by molar-refractivity contribution is 0.00429. The van der Waals surface area contributed by atoms with Gasteiger partial charge in [-0.3, -0.25) is 4.79 Å². The number of aliphatic hydroxyl groups is 1. The molecule has 1 N–H and O–H groups in total. The van der Waals surface area contributed by atoms with Gasteiger partial charge in [0.25, 0.3) is 5.91 Å². The normalized spacial score (nSPS) is 16.5. The number of imidazole rings is 1. The van der Waals surface area contributed by atoms with Crippen LogP contribution in [0.4, 0.5) is 4.79 Å². The molecule has 2 heterocycles. The van der Waals surface area contributed by atoms with Gasteiger partial charge in [0.2, 0.25) is 0 Å². The molecule has 1 saturated heterocycles. The van der Waals surface area contributed by atoms with Crippen molar-refractivity contribution in [2.75, 3.05) is 19.6 Å². The van der Waals surface area contributed by atoms with E-state index in [1.54, 1.807) is 25.1 Å². The highest BCUT2D eigenvalue weighted by molar-refractivity contribution is 5.98. The number of piperazine rings is 1. The van der Waals surface area contributed by atoms with Crippen molar-refractivity contribution in [3.05, 3.63) is 114 Å². The van der Waals surface area contributed by atoms with E-state index in [0.717, 1.165) is 16.7 Å². The first kappa shape index (κ1) is 31.0. The Labute approximate surface area is 259 Å². The molecule has 5 rings (SSSR count). The Morgan fingerprint density at radius 2 is 1.48 bits per heavy atom. The van der Waals surface area contributed by atoms with Crippen LogP contribution >= 0.6 is 0 Å². The number of benzene rings is 3. The molecule has 0 bridgehead atoms. The quantitative estimate of drug-likeness (QED) is 0.275. The summed E-state index contributed by atoms with van der Waals surface area (Å²) in [5.74, 6) is -0.213. The predicted octanol–water partition coefficient (Wildman–Crippen LogP) is 6.21. The fraction of sp³-hybridized carbons (Fsp3) is 0.361. The Bertz CT molecular complexity index is 1560. The molecule has 0 spiro atoms. The zero-order valence-electron chi connectivity index (χ0n) is 26.2. The molecule has 0 radical (unpaired) electrons. The number of rotatable bonds is 7. The lowest BCUT2D eigenvalue weighted by Gasteiger charge is -2.41. The molecule has 0 saturated carbocycles. The first-order valence-corrected chi connectivity index (χ1v) is 15.1. The van der Waals surface area contributed by atoms with Crippen molar-refractivity contribution in [2.45, 2.75) is 64.3 Å². The van der Waals surface area contributed by atoms with E-state index in [0.29, 0.717) is 37.4 Å². The molecule has 1 aromatic heterocycles. The second-order valence-electron chi connectivity index (χ2n) is 13.0. The zero-order chi connectivity index (χ0) is 31.5. The SMILES string of the molecule is CC(C)(C)OC(=O)N1CCN(C(=O)c2ncn([C@@H](c3ccccc3)C(C)(C)O)c2-c2ccccc2)[C@H](Cc2ccccc2)C1. The van der Waals surface area contributed by atoms with Crippen LogP contribution in [0.2, 0.25) is 0 Å². The molecule has 230 valence electrons. The smallest absolute Gasteiger partial charge is 0.410 e. The fourth-order valence-corrected chi connectivity index (χ4v) is 5.95. The van der Waals surface area contributed by atoms with E-state index in [2.05, 4.69) is 0 Å². The minimum absolute atomic E-state index is 0.213. The van der Waals surface area contributed by atoms with Gasteiger partial charge in [0, 0.05) is 25.2 Å². The van der Waals surface area contributed by atoms with Gasteiger partial charge >= 0.3 is 6.09 Å². The summed E-state index contributed by atoms with van der Waals surface area (Å²) in [6.45, 7) is 10.1. The summed E-state index contributed by atoms with van der Waals surface area (Å²) in [6, 6.07) is 28.7. The van der Waals surface area contributed by atoms with Crippen LogP contribution in [-0.4, -0.2) is 73.3 Å². The van der Waals surface area contributed by atoms with Gasteiger partial charge in [-0.1, -0.05) is 91.0 Å². The molecule has 0 aliphatic carbocycles. The summed E-state index contributed by atoms with van der Waals surface area (Å²) in [5.41, 5.74) is 1.96. The second kappa shape index (κ2) is 12.7. The number of carbonyl (C=O) groups is 2. The molecular weight excluding hydrogens is 552 g/mol. The van der Waals surface area contributed by atoms with E-state index >= 15 is 0 Å². The number of nitrogens with zero attached hydrogens (tertiary/aromatic N) is 4. The minimum Gasteiger partial charge on any atom is -0.444 e. The van der Waals surface area contributed by atoms with Crippen molar-refractivity contribution in [2.24, 2.45) is 0 Å². The van der Waals surface area contributed by atoms with Crippen molar-refractivity contribution in [3.8, 4) is 11.3 Å². The molecule has 2 atom stereocenters. The Morgan fingerprint density at radius 1 is 0.886 bits per heavy atom. The van der Waals surface area contributed by atoms with Crippen molar-refractivity contribution in [1.82, 2.24) is 19.4 Å². The number of amides is 2. The van der Waals surface area contributed by atoms with Crippen molar-refractivity contribution >= 4 is 12.0 Å².